The Hall–Kier alpha value is -2.98. The van der Waals surface area contributed by atoms with Crippen molar-refractivity contribution in [3.05, 3.63) is 42.6 Å². The van der Waals surface area contributed by atoms with Gasteiger partial charge in [-0.2, -0.15) is 0 Å². The van der Waals surface area contributed by atoms with Crippen molar-refractivity contribution in [1.82, 2.24) is 10.3 Å². The molecule has 30 heavy (non-hydrogen) atoms. The maximum absolute atomic E-state index is 12.1. The first-order valence-corrected chi connectivity index (χ1v) is 10.6. The zero-order valence-corrected chi connectivity index (χ0v) is 16.6. The molecule has 2 aromatic rings. The summed E-state index contributed by atoms with van der Waals surface area (Å²) in [6.07, 6.45) is 0.288. The molecule has 1 aromatic carbocycles. The van der Waals surface area contributed by atoms with Crippen LogP contribution in [-0.2, 0) is 13.8 Å². The van der Waals surface area contributed by atoms with Crippen molar-refractivity contribution >= 4 is 31.5 Å². The molecule has 3 heterocycles. The Labute approximate surface area is 171 Å². The van der Waals surface area contributed by atoms with Crippen molar-refractivity contribution in [2.24, 2.45) is 0 Å². The molecule has 0 spiro atoms. The average Bonchev–Trinajstić information content (AvgIpc) is 3.31. The smallest absolute Gasteiger partial charge is 0.441 e. The molecule has 0 radical (unpaired) electrons. The summed E-state index contributed by atoms with van der Waals surface area (Å²) >= 11 is 0. The van der Waals surface area contributed by atoms with E-state index < -0.39 is 26.6 Å². The van der Waals surface area contributed by atoms with Crippen LogP contribution in [0.1, 0.15) is 0 Å². The molecule has 3 amide bonds. The van der Waals surface area contributed by atoms with Gasteiger partial charge >= 0.3 is 19.9 Å². The number of ether oxygens (including phenoxy) is 1. The molecule has 158 valence electrons. The Morgan fingerprint density at radius 3 is 2.47 bits per heavy atom. The number of benzene rings is 1. The third-order valence-corrected chi connectivity index (χ3v) is 5.18. The van der Waals surface area contributed by atoms with E-state index in [2.05, 4.69) is 14.8 Å². The summed E-state index contributed by atoms with van der Waals surface area (Å²) < 4.78 is 20.3. The van der Waals surface area contributed by atoms with E-state index in [0.29, 0.717) is 24.6 Å². The van der Waals surface area contributed by atoms with Crippen molar-refractivity contribution in [3.63, 3.8) is 0 Å². The van der Waals surface area contributed by atoms with Crippen LogP contribution >= 0.6 is 7.82 Å². The topological polar surface area (TPSA) is 142 Å². The number of rotatable bonds is 6. The van der Waals surface area contributed by atoms with Gasteiger partial charge in [0.1, 0.15) is 11.9 Å². The van der Waals surface area contributed by atoms with Gasteiger partial charge < -0.3 is 19.8 Å². The van der Waals surface area contributed by atoms with Crippen LogP contribution < -0.4 is 15.1 Å². The van der Waals surface area contributed by atoms with Crippen LogP contribution in [0.25, 0.3) is 11.1 Å². The van der Waals surface area contributed by atoms with E-state index >= 15 is 0 Å². The highest BCUT2D eigenvalue weighted by Crippen LogP contribution is 2.36. The number of cyclic esters (lactones) is 1. The molecule has 2 saturated heterocycles. The van der Waals surface area contributed by atoms with Crippen LogP contribution in [0.3, 0.4) is 0 Å². The van der Waals surface area contributed by atoms with Gasteiger partial charge in [-0.05, 0) is 29.8 Å². The Bertz CT molecular complexity index is 993. The van der Waals surface area contributed by atoms with E-state index in [9.17, 15) is 14.2 Å². The van der Waals surface area contributed by atoms with Crippen LogP contribution in [-0.4, -0.2) is 59.2 Å². The molecule has 1 atom stereocenters. The van der Waals surface area contributed by atoms with Crippen molar-refractivity contribution in [1.29, 1.82) is 0 Å². The first-order valence-electron chi connectivity index (χ1n) is 9.10. The predicted octanol–water partition coefficient (Wildman–Crippen LogP) is 1.71. The van der Waals surface area contributed by atoms with Crippen LogP contribution in [0, 0.1) is 0 Å². The fraction of sp³-hybridized carbons (Fsp3) is 0.278. The molecule has 0 unspecified atom stereocenters. The lowest BCUT2D eigenvalue weighted by Gasteiger charge is -2.15. The second-order valence-electron chi connectivity index (χ2n) is 6.74. The third kappa shape index (κ3) is 4.44. The number of nitrogens with one attached hydrogen (secondary N) is 1. The lowest BCUT2D eigenvalue weighted by atomic mass is 10.1. The van der Waals surface area contributed by atoms with Crippen molar-refractivity contribution in [2.45, 2.75) is 6.10 Å². The lowest BCUT2D eigenvalue weighted by Crippen LogP contribution is -2.28. The molecule has 2 aliphatic heterocycles. The highest BCUT2D eigenvalue weighted by atomic mass is 31.2. The second-order valence-corrected chi connectivity index (χ2v) is 7.98. The molecule has 0 bridgehead atoms. The standard InChI is InChI=1S/C18H19N4O7P/c23-17-19-7-8-21(17)16-6-3-13(9-20-16)12-1-4-14(5-2-12)22-10-15(29-18(22)24)11-28-30(25,26)27/h1-6,9,15H,7-8,10-11H2,(H,19,23)(H2,25,26,27)/t15-/m1/s1. The Morgan fingerprint density at radius 1 is 1.13 bits per heavy atom. The van der Waals surface area contributed by atoms with Crippen LogP contribution in [0.5, 0.6) is 0 Å². The van der Waals surface area contributed by atoms with Crippen LogP contribution in [0.15, 0.2) is 42.6 Å². The fourth-order valence-electron chi connectivity index (χ4n) is 3.24. The van der Waals surface area contributed by atoms with E-state index in [1.807, 2.05) is 18.2 Å². The van der Waals surface area contributed by atoms with E-state index in [0.717, 1.165) is 11.1 Å². The van der Waals surface area contributed by atoms with Crippen molar-refractivity contribution < 1.29 is 33.2 Å². The summed E-state index contributed by atoms with van der Waals surface area (Å²) in [5, 5.41) is 2.73. The zero-order valence-electron chi connectivity index (χ0n) is 15.7. The van der Waals surface area contributed by atoms with Gasteiger partial charge in [0.15, 0.2) is 0 Å². The first-order chi connectivity index (χ1) is 14.3. The van der Waals surface area contributed by atoms with Gasteiger partial charge in [-0.3, -0.25) is 14.3 Å². The predicted molar refractivity (Wildman–Crippen MR) is 106 cm³/mol. The SMILES string of the molecule is O=C1O[C@@H](COP(=O)(O)O)CN1c1ccc(-c2ccc(N3CCNC3=O)nc2)cc1. The Balaban J connectivity index is 1.42. The number of phosphoric ester groups is 1. The summed E-state index contributed by atoms with van der Waals surface area (Å²) in [5.74, 6) is 0.578. The number of carbonyl (C=O) groups excluding carboxylic acids is 2. The zero-order chi connectivity index (χ0) is 21.3. The number of hydrogen-bond donors (Lipinski definition) is 3. The highest BCUT2D eigenvalue weighted by molar-refractivity contribution is 7.46. The number of hydrogen-bond acceptors (Lipinski definition) is 6. The molecular formula is C18H19N4O7P. The molecule has 3 N–H and O–H groups in total. The fourth-order valence-corrected chi connectivity index (χ4v) is 3.60. The highest BCUT2D eigenvalue weighted by Gasteiger charge is 2.34. The summed E-state index contributed by atoms with van der Waals surface area (Å²) in [6.45, 7) is 0.894. The Morgan fingerprint density at radius 2 is 1.87 bits per heavy atom. The summed E-state index contributed by atoms with van der Waals surface area (Å²) in [7, 11) is -4.63. The number of pyridine rings is 1. The largest absolute Gasteiger partial charge is 0.469 e. The number of urea groups is 1. The summed E-state index contributed by atoms with van der Waals surface area (Å²) in [4.78, 5) is 48.6. The molecule has 11 nitrogen and oxygen atoms in total. The number of carbonyl (C=O) groups is 2. The van der Waals surface area contributed by atoms with Gasteiger partial charge in [0, 0.05) is 30.5 Å². The average molecular weight is 434 g/mol. The number of amides is 3. The van der Waals surface area contributed by atoms with Gasteiger partial charge in [0.05, 0.1) is 13.2 Å². The van der Waals surface area contributed by atoms with E-state index in [1.165, 1.54) is 4.90 Å². The quantitative estimate of drug-likeness (QED) is 0.584. The Kier molecular flexibility index (Phi) is 5.44. The maximum Gasteiger partial charge on any atom is 0.469 e. The number of anilines is 2. The number of aromatic nitrogens is 1. The molecule has 0 aliphatic carbocycles. The molecule has 2 fully saturated rings. The third-order valence-electron chi connectivity index (χ3n) is 4.70. The minimum absolute atomic E-state index is 0.117. The minimum atomic E-state index is -4.63. The van der Waals surface area contributed by atoms with Gasteiger partial charge in [-0.25, -0.2) is 19.1 Å². The molecular weight excluding hydrogens is 415 g/mol. The number of nitrogens with zero attached hydrogens (tertiary/aromatic N) is 3. The van der Waals surface area contributed by atoms with Gasteiger partial charge in [-0.1, -0.05) is 12.1 Å². The lowest BCUT2D eigenvalue weighted by molar-refractivity contribution is 0.0880. The second kappa shape index (κ2) is 8.04. The van der Waals surface area contributed by atoms with Crippen molar-refractivity contribution in [2.75, 3.05) is 36.0 Å². The molecule has 12 heteroatoms. The van der Waals surface area contributed by atoms with Gasteiger partial charge in [0.2, 0.25) is 0 Å². The molecule has 0 saturated carbocycles. The monoisotopic (exact) mass is 434 g/mol. The molecule has 4 rings (SSSR count). The van der Waals surface area contributed by atoms with E-state index in [-0.39, 0.29) is 12.6 Å². The van der Waals surface area contributed by atoms with Crippen LogP contribution in [0.2, 0.25) is 0 Å². The summed E-state index contributed by atoms with van der Waals surface area (Å²) in [6, 6.07) is 10.6. The molecule has 2 aliphatic rings. The number of phosphoric acid groups is 1. The van der Waals surface area contributed by atoms with Crippen LogP contribution in [0.4, 0.5) is 21.1 Å². The first kappa shape index (κ1) is 20.3. The molecule has 1 aromatic heterocycles. The van der Waals surface area contributed by atoms with E-state index in [4.69, 9.17) is 14.5 Å². The normalized spacial score (nSPS) is 19.2. The summed E-state index contributed by atoms with van der Waals surface area (Å²) in [5.41, 5.74) is 2.31. The maximum atomic E-state index is 12.1. The van der Waals surface area contributed by atoms with Gasteiger partial charge in [-0.15, -0.1) is 0 Å². The minimum Gasteiger partial charge on any atom is -0.441 e. The van der Waals surface area contributed by atoms with Crippen molar-refractivity contribution in [3.8, 4) is 11.1 Å². The van der Waals surface area contributed by atoms with E-state index in [1.54, 1.807) is 29.3 Å². The van der Waals surface area contributed by atoms with Gasteiger partial charge in [0.25, 0.3) is 0 Å².